The molecule has 6 rings (SSSR count). The number of nitrogens with zero attached hydrogens (tertiary/aromatic N) is 3. The predicted octanol–water partition coefficient (Wildman–Crippen LogP) is 5.06. The van der Waals surface area contributed by atoms with E-state index in [1.807, 2.05) is 47.5 Å². The minimum Gasteiger partial charge on any atom is -0.368 e. The van der Waals surface area contributed by atoms with Crippen LogP contribution in [0.25, 0.3) is 10.9 Å². The van der Waals surface area contributed by atoms with Crippen LogP contribution in [0.4, 0.5) is 4.39 Å². The molecule has 0 bridgehead atoms. The van der Waals surface area contributed by atoms with E-state index in [2.05, 4.69) is 21.7 Å². The molecule has 0 spiro atoms. The number of hydrogen-bond acceptors (Lipinski definition) is 4. The Labute approximate surface area is 231 Å². The lowest BCUT2D eigenvalue weighted by molar-refractivity contribution is -0.118. The first-order valence-corrected chi connectivity index (χ1v) is 14.6. The lowest BCUT2D eigenvalue weighted by atomic mass is 9.87. The van der Waals surface area contributed by atoms with Gasteiger partial charge in [0.15, 0.2) is 0 Å². The fourth-order valence-electron chi connectivity index (χ4n) is 6.50. The van der Waals surface area contributed by atoms with E-state index in [9.17, 15) is 14.0 Å². The van der Waals surface area contributed by atoms with Crippen molar-refractivity contribution >= 4 is 34.1 Å². The number of amides is 2. The van der Waals surface area contributed by atoms with Crippen LogP contribution in [0, 0.1) is 11.7 Å². The third-order valence-corrected chi connectivity index (χ3v) is 9.17. The molecule has 2 amide bonds. The van der Waals surface area contributed by atoms with Crippen molar-refractivity contribution in [2.24, 2.45) is 11.7 Å². The first-order chi connectivity index (χ1) is 19.0. The Morgan fingerprint density at radius 3 is 2.49 bits per heavy atom. The number of primary amides is 1. The van der Waals surface area contributed by atoms with E-state index in [-0.39, 0.29) is 24.2 Å². The van der Waals surface area contributed by atoms with Crippen LogP contribution < -0.4 is 5.73 Å². The van der Waals surface area contributed by atoms with Crippen LogP contribution in [-0.4, -0.2) is 58.9 Å². The van der Waals surface area contributed by atoms with Gasteiger partial charge in [0, 0.05) is 37.1 Å². The van der Waals surface area contributed by atoms with Gasteiger partial charge in [0.05, 0.1) is 11.1 Å². The van der Waals surface area contributed by atoms with Gasteiger partial charge in [-0.25, -0.2) is 4.39 Å². The number of rotatable bonds is 7. The Bertz CT molecular complexity index is 1460. The van der Waals surface area contributed by atoms with Crippen LogP contribution in [-0.2, 0) is 11.3 Å². The SMILES string of the molecule is NC(=O)Cn1ccc2cccc(C(=O)N3CC(CN4CCC(c5ccc(F)cc5)CC4)C(c4ccsc4)C3)c21. The van der Waals surface area contributed by atoms with E-state index >= 15 is 0 Å². The second-order valence-corrected chi connectivity index (χ2v) is 11.7. The van der Waals surface area contributed by atoms with Gasteiger partial charge in [0.25, 0.3) is 5.91 Å². The molecule has 2 aromatic carbocycles. The Kier molecular flexibility index (Phi) is 7.23. The number of nitrogens with two attached hydrogens (primary N) is 1. The molecule has 202 valence electrons. The van der Waals surface area contributed by atoms with Gasteiger partial charge >= 0.3 is 0 Å². The van der Waals surface area contributed by atoms with Crippen LogP contribution in [0.5, 0.6) is 0 Å². The first-order valence-electron chi connectivity index (χ1n) is 13.6. The summed E-state index contributed by atoms with van der Waals surface area (Å²) in [5.74, 6) is 0.468. The fraction of sp³-hybridized carbons (Fsp3) is 0.355. The number of aromatic nitrogens is 1. The molecule has 2 fully saturated rings. The second kappa shape index (κ2) is 10.9. The lowest BCUT2D eigenvalue weighted by Gasteiger charge is -2.34. The molecule has 2 unspecified atom stereocenters. The standard InChI is InChI=1S/C31H33FN4O2S/c32-26-6-4-21(5-7-26)22-8-12-34(13-9-22)16-25-17-36(18-28(25)24-11-15-39-20-24)31(38)27-3-1-2-23-10-14-35(30(23)27)19-29(33)37/h1-7,10-11,14-15,20,22,25,28H,8-9,12-13,16-19H2,(H2,33,37). The fourth-order valence-corrected chi connectivity index (χ4v) is 7.23. The summed E-state index contributed by atoms with van der Waals surface area (Å²) in [6.07, 6.45) is 3.94. The number of fused-ring (bicyclic) bond motifs is 1. The average molecular weight is 545 g/mol. The third-order valence-electron chi connectivity index (χ3n) is 8.47. The number of piperidine rings is 1. The highest BCUT2D eigenvalue weighted by molar-refractivity contribution is 7.08. The molecule has 0 aliphatic carbocycles. The first kappa shape index (κ1) is 25.8. The predicted molar refractivity (Wildman–Crippen MR) is 152 cm³/mol. The summed E-state index contributed by atoms with van der Waals surface area (Å²) >= 11 is 1.70. The summed E-state index contributed by atoms with van der Waals surface area (Å²) in [6, 6.07) is 16.8. The van der Waals surface area contributed by atoms with E-state index in [1.165, 1.54) is 11.1 Å². The molecule has 2 atom stereocenters. The van der Waals surface area contributed by atoms with Gasteiger partial charge in [0.1, 0.15) is 12.4 Å². The molecule has 2 aliphatic rings. The second-order valence-electron chi connectivity index (χ2n) is 10.9. The molecular formula is C31H33FN4O2S. The summed E-state index contributed by atoms with van der Waals surface area (Å²) in [6.45, 7) is 4.37. The van der Waals surface area contributed by atoms with E-state index in [0.29, 0.717) is 30.5 Å². The molecule has 4 aromatic rings. The van der Waals surface area contributed by atoms with Crippen LogP contribution in [0.3, 0.4) is 0 Å². The van der Waals surface area contributed by atoms with Crippen molar-refractivity contribution in [2.75, 3.05) is 32.7 Å². The molecule has 4 heterocycles. The van der Waals surface area contributed by atoms with Crippen LogP contribution in [0.15, 0.2) is 71.6 Å². The smallest absolute Gasteiger partial charge is 0.256 e. The summed E-state index contributed by atoms with van der Waals surface area (Å²) in [5.41, 5.74) is 9.38. The summed E-state index contributed by atoms with van der Waals surface area (Å²) in [5, 5.41) is 5.25. The van der Waals surface area contributed by atoms with E-state index in [1.54, 1.807) is 28.0 Å². The number of likely N-dealkylation sites (tertiary alicyclic amines) is 2. The maximum Gasteiger partial charge on any atom is 0.256 e. The molecule has 0 saturated carbocycles. The molecule has 8 heteroatoms. The average Bonchev–Trinajstić information content (AvgIpc) is 3.69. The van der Waals surface area contributed by atoms with Crippen molar-refractivity contribution in [3.8, 4) is 0 Å². The summed E-state index contributed by atoms with van der Waals surface area (Å²) in [4.78, 5) is 30.1. The number of para-hydroxylation sites is 1. The highest BCUT2D eigenvalue weighted by Gasteiger charge is 2.38. The van der Waals surface area contributed by atoms with E-state index in [0.717, 1.165) is 43.4 Å². The van der Waals surface area contributed by atoms with Gasteiger partial charge in [-0.2, -0.15) is 11.3 Å². The molecule has 39 heavy (non-hydrogen) atoms. The number of benzene rings is 2. The number of thiophene rings is 1. The Morgan fingerprint density at radius 2 is 1.77 bits per heavy atom. The lowest BCUT2D eigenvalue weighted by Crippen LogP contribution is -2.38. The topological polar surface area (TPSA) is 71.6 Å². The van der Waals surface area contributed by atoms with Gasteiger partial charge in [-0.1, -0.05) is 24.3 Å². The van der Waals surface area contributed by atoms with Crippen LogP contribution >= 0.6 is 11.3 Å². The van der Waals surface area contributed by atoms with Gasteiger partial charge in [-0.05, 0) is 90.0 Å². The van der Waals surface area contributed by atoms with Crippen LogP contribution in [0.1, 0.15) is 46.2 Å². The monoisotopic (exact) mass is 544 g/mol. The van der Waals surface area contributed by atoms with Gasteiger partial charge in [-0.3, -0.25) is 9.59 Å². The Hall–Kier alpha value is -3.49. The summed E-state index contributed by atoms with van der Waals surface area (Å²) in [7, 11) is 0. The largest absolute Gasteiger partial charge is 0.368 e. The molecule has 0 radical (unpaired) electrons. The Balaban J connectivity index is 1.19. The normalized spacial score (nSPS) is 20.6. The van der Waals surface area contributed by atoms with Crippen molar-refractivity contribution in [2.45, 2.75) is 31.2 Å². The van der Waals surface area contributed by atoms with E-state index in [4.69, 9.17) is 5.73 Å². The van der Waals surface area contributed by atoms with Crippen molar-refractivity contribution in [1.29, 1.82) is 0 Å². The molecule has 2 aromatic heterocycles. The highest BCUT2D eigenvalue weighted by atomic mass is 32.1. The zero-order valence-electron chi connectivity index (χ0n) is 21.8. The van der Waals surface area contributed by atoms with Crippen LogP contribution in [0.2, 0.25) is 0 Å². The third kappa shape index (κ3) is 5.36. The van der Waals surface area contributed by atoms with Crippen molar-refractivity contribution < 1.29 is 14.0 Å². The zero-order chi connectivity index (χ0) is 26.9. The van der Waals surface area contributed by atoms with Gasteiger partial charge in [-0.15, -0.1) is 0 Å². The number of carbonyl (C=O) groups excluding carboxylic acids is 2. The highest BCUT2D eigenvalue weighted by Crippen LogP contribution is 2.37. The minimum atomic E-state index is -0.434. The molecule has 2 N–H and O–H groups in total. The van der Waals surface area contributed by atoms with Gasteiger partial charge < -0.3 is 20.1 Å². The maximum atomic E-state index is 13.9. The van der Waals surface area contributed by atoms with Crippen molar-refractivity contribution in [3.63, 3.8) is 0 Å². The molecule has 2 saturated heterocycles. The summed E-state index contributed by atoms with van der Waals surface area (Å²) < 4.78 is 15.1. The number of carbonyl (C=O) groups is 2. The molecular weight excluding hydrogens is 511 g/mol. The van der Waals surface area contributed by atoms with E-state index < -0.39 is 5.91 Å². The molecule has 6 nitrogen and oxygen atoms in total. The van der Waals surface area contributed by atoms with Gasteiger partial charge in [0.2, 0.25) is 5.91 Å². The Morgan fingerprint density at radius 1 is 0.974 bits per heavy atom. The minimum absolute atomic E-state index is 0.00256. The van der Waals surface area contributed by atoms with Crippen molar-refractivity contribution in [1.82, 2.24) is 14.4 Å². The zero-order valence-corrected chi connectivity index (χ0v) is 22.7. The number of hydrogen-bond donors (Lipinski definition) is 1. The number of halogens is 1. The molecule has 2 aliphatic heterocycles. The quantitative estimate of drug-likeness (QED) is 0.354. The maximum absolute atomic E-state index is 13.9. The van der Waals surface area contributed by atoms with Crippen molar-refractivity contribution in [3.05, 3.63) is 94.1 Å².